The van der Waals surface area contributed by atoms with Crippen molar-refractivity contribution < 1.29 is 23.9 Å². The third-order valence-electron chi connectivity index (χ3n) is 11.1. The third-order valence-corrected chi connectivity index (χ3v) is 12.5. The third kappa shape index (κ3) is 8.58. The summed E-state index contributed by atoms with van der Waals surface area (Å²) in [5, 5.41) is 18.1. The first-order valence-electron chi connectivity index (χ1n) is 20.2. The van der Waals surface area contributed by atoms with Crippen molar-refractivity contribution in [1.82, 2.24) is 34.9 Å². The van der Waals surface area contributed by atoms with Gasteiger partial charge in [-0.2, -0.15) is 0 Å². The molecule has 2 atom stereocenters. The zero-order valence-electron chi connectivity index (χ0n) is 33.4. The molecule has 2 aromatic carbocycles. The smallest absolute Gasteiger partial charge is 0.249 e. The van der Waals surface area contributed by atoms with Crippen LogP contribution in [0, 0.1) is 20.8 Å². The molecule has 15 heteroatoms. The van der Waals surface area contributed by atoms with Crippen LogP contribution >= 0.6 is 22.9 Å². The van der Waals surface area contributed by atoms with Crippen LogP contribution in [0.1, 0.15) is 89.4 Å². The molecule has 4 aromatic heterocycles. The van der Waals surface area contributed by atoms with Crippen LogP contribution in [0.5, 0.6) is 0 Å². The Labute approximate surface area is 351 Å². The van der Waals surface area contributed by atoms with E-state index >= 15 is 0 Å². The fourth-order valence-corrected chi connectivity index (χ4v) is 9.33. The average molecular weight is 835 g/mol. The second-order valence-electron chi connectivity index (χ2n) is 15.1. The number of hydrogen-bond acceptors (Lipinski definition) is 10. The van der Waals surface area contributed by atoms with Gasteiger partial charge in [-0.15, -0.1) is 21.5 Å². The van der Waals surface area contributed by atoms with Gasteiger partial charge in [0.25, 0.3) is 0 Å². The number of nitrogens with one attached hydrogen (secondary N) is 2. The second kappa shape index (κ2) is 17.9. The summed E-state index contributed by atoms with van der Waals surface area (Å²) < 4.78 is 15.6. The van der Waals surface area contributed by atoms with E-state index in [0.29, 0.717) is 56.7 Å². The van der Waals surface area contributed by atoms with Crippen LogP contribution in [-0.2, 0) is 30.3 Å². The summed E-state index contributed by atoms with van der Waals surface area (Å²) in [4.78, 5) is 48.9. The quantitative estimate of drug-likeness (QED) is 0.0765. The maximum Gasteiger partial charge on any atom is 0.249 e. The van der Waals surface area contributed by atoms with Gasteiger partial charge in [0.1, 0.15) is 28.6 Å². The minimum atomic E-state index is -0.533. The first-order chi connectivity index (χ1) is 28.7. The van der Waals surface area contributed by atoms with E-state index in [9.17, 15) is 14.4 Å². The summed E-state index contributed by atoms with van der Waals surface area (Å²) in [6.45, 7) is 8.42. The van der Waals surface area contributed by atoms with Crippen molar-refractivity contribution in [1.29, 1.82) is 0 Å². The first-order valence-corrected chi connectivity index (χ1v) is 21.4. The molecule has 0 aliphatic carbocycles. The number of aryl methyl sites for hydroxylation is 3. The molecule has 1 unspecified atom stereocenters. The SMILES string of the molecule is Cc1sc2c(c1C)C(c1ccc(Cl)cc1)=N[C@@H](CC(=O)NCCOCCOCCCCCc1ccc3c4cccnc4n(C4CCC(=O)NC4=O)c3c1)c1nnc(C)n1-2. The lowest BCUT2D eigenvalue weighted by atomic mass is 9.99. The number of unbranched alkanes of at least 4 members (excludes halogenated alkanes) is 2. The number of amides is 3. The van der Waals surface area contributed by atoms with Gasteiger partial charge in [0.2, 0.25) is 17.7 Å². The van der Waals surface area contributed by atoms with E-state index in [4.69, 9.17) is 26.1 Å². The van der Waals surface area contributed by atoms with Gasteiger partial charge in [0.15, 0.2) is 5.82 Å². The van der Waals surface area contributed by atoms with Crippen LogP contribution in [0.25, 0.3) is 26.9 Å². The van der Waals surface area contributed by atoms with Gasteiger partial charge in [-0.05, 0) is 87.9 Å². The summed E-state index contributed by atoms with van der Waals surface area (Å²) >= 11 is 7.91. The van der Waals surface area contributed by atoms with Gasteiger partial charge in [0, 0.05) is 57.6 Å². The Kier molecular flexibility index (Phi) is 12.3. The van der Waals surface area contributed by atoms with E-state index in [2.05, 4.69) is 57.9 Å². The molecular formula is C44H47ClN8O5S. The Morgan fingerprint density at radius 2 is 1.78 bits per heavy atom. The fourth-order valence-electron chi connectivity index (χ4n) is 7.99. The summed E-state index contributed by atoms with van der Waals surface area (Å²) in [6.07, 6.45) is 6.47. The van der Waals surface area contributed by atoms with E-state index in [-0.39, 0.29) is 24.1 Å². The predicted molar refractivity (Wildman–Crippen MR) is 229 cm³/mol. The number of pyridine rings is 1. The number of nitrogens with zero attached hydrogens (tertiary/aromatic N) is 6. The number of thiophene rings is 1. The molecule has 0 bridgehead atoms. The molecule has 0 radical (unpaired) electrons. The highest BCUT2D eigenvalue weighted by molar-refractivity contribution is 7.15. The van der Waals surface area contributed by atoms with Gasteiger partial charge in [-0.1, -0.05) is 42.3 Å². The molecule has 306 valence electrons. The van der Waals surface area contributed by atoms with Gasteiger partial charge in [-0.3, -0.25) is 29.3 Å². The van der Waals surface area contributed by atoms with Gasteiger partial charge < -0.3 is 19.4 Å². The molecule has 6 aromatic rings. The largest absolute Gasteiger partial charge is 0.379 e. The summed E-state index contributed by atoms with van der Waals surface area (Å²) in [7, 11) is 0. The van der Waals surface area contributed by atoms with Crippen LogP contribution in [0.3, 0.4) is 0 Å². The zero-order chi connectivity index (χ0) is 41.0. The highest BCUT2D eigenvalue weighted by Gasteiger charge is 2.33. The number of aromatic nitrogens is 5. The fraction of sp³-hybridized carbons (Fsp3) is 0.386. The Morgan fingerprint density at radius 1 is 0.966 bits per heavy atom. The molecule has 1 saturated heterocycles. The lowest BCUT2D eigenvalue weighted by molar-refractivity contribution is -0.135. The van der Waals surface area contributed by atoms with E-state index in [1.54, 1.807) is 17.5 Å². The number of ether oxygens (including phenoxy) is 2. The second-order valence-corrected chi connectivity index (χ2v) is 16.7. The van der Waals surface area contributed by atoms with Crippen molar-refractivity contribution in [2.75, 3.05) is 33.0 Å². The Morgan fingerprint density at radius 3 is 2.59 bits per heavy atom. The molecule has 2 N–H and O–H groups in total. The highest BCUT2D eigenvalue weighted by Crippen LogP contribution is 2.40. The Bertz CT molecular complexity index is 2560. The molecule has 6 heterocycles. The number of carbonyl (C=O) groups excluding carboxylic acids is 3. The van der Waals surface area contributed by atoms with Crippen molar-refractivity contribution in [2.45, 2.75) is 77.8 Å². The van der Waals surface area contributed by atoms with Crippen molar-refractivity contribution in [3.63, 3.8) is 0 Å². The Hall–Kier alpha value is -5.28. The number of rotatable bonds is 16. The number of aliphatic imine (C=N–C) groups is 1. The van der Waals surface area contributed by atoms with Gasteiger partial charge in [-0.25, -0.2) is 4.98 Å². The lowest BCUT2D eigenvalue weighted by Gasteiger charge is -2.23. The van der Waals surface area contributed by atoms with Crippen LogP contribution in [0.4, 0.5) is 0 Å². The van der Waals surface area contributed by atoms with Gasteiger partial charge in [0.05, 0.1) is 37.5 Å². The van der Waals surface area contributed by atoms with Crippen LogP contribution in [-0.4, -0.2) is 80.7 Å². The number of benzene rings is 2. The predicted octanol–water partition coefficient (Wildman–Crippen LogP) is 7.23. The maximum atomic E-state index is 13.2. The number of imide groups is 1. The molecule has 8 rings (SSSR count). The maximum absolute atomic E-state index is 13.2. The summed E-state index contributed by atoms with van der Waals surface area (Å²) in [5.41, 5.74) is 6.83. The van der Waals surface area contributed by atoms with Crippen LogP contribution < -0.4 is 10.6 Å². The van der Waals surface area contributed by atoms with Crippen molar-refractivity contribution in [2.24, 2.45) is 4.99 Å². The monoisotopic (exact) mass is 834 g/mol. The normalized spacial score (nSPS) is 16.5. The van der Waals surface area contributed by atoms with Crippen molar-refractivity contribution in [3.8, 4) is 5.00 Å². The molecule has 0 spiro atoms. The highest BCUT2D eigenvalue weighted by atomic mass is 35.5. The number of hydrogen-bond donors (Lipinski definition) is 2. The van der Waals surface area contributed by atoms with E-state index in [0.717, 1.165) is 80.8 Å². The average Bonchev–Trinajstić information content (AvgIpc) is 3.83. The minimum absolute atomic E-state index is 0.115. The molecule has 0 saturated carbocycles. The summed E-state index contributed by atoms with van der Waals surface area (Å²) in [5.74, 6) is 0.737. The molecule has 3 amide bonds. The molecular weight excluding hydrogens is 788 g/mol. The molecule has 2 aliphatic rings. The molecule has 59 heavy (non-hydrogen) atoms. The topological polar surface area (TPSA) is 155 Å². The lowest BCUT2D eigenvalue weighted by Crippen LogP contribution is -2.41. The number of piperidine rings is 1. The number of fused-ring (bicyclic) bond motifs is 6. The standard InChI is InChI=1S/C44H47ClN8O5S/c1-26-27(2)59-44-39(26)40(30-11-13-31(45)14-12-30)48-34(42-51-50-28(3)52(42)44)25-38(55)46-19-21-58-23-22-57-20-6-4-5-8-29-10-15-32-33-9-7-18-47-41(33)53(36(32)24-29)35-16-17-37(54)49-43(35)56/h7,9-15,18,24,34-35H,4-6,8,16-17,19-23,25H2,1-3H3,(H,46,55)(H,49,54,56)/t34-,35?/m0/s1. The Balaban J connectivity index is 0.765. The molecule has 1 fully saturated rings. The number of halogens is 1. The first kappa shape index (κ1) is 40.5. The molecule has 2 aliphatic heterocycles. The zero-order valence-corrected chi connectivity index (χ0v) is 35.0. The van der Waals surface area contributed by atoms with Crippen molar-refractivity contribution >= 4 is 68.3 Å². The van der Waals surface area contributed by atoms with Crippen molar-refractivity contribution in [3.05, 3.63) is 105 Å². The van der Waals surface area contributed by atoms with E-state index in [1.807, 2.05) is 52.5 Å². The molecule has 13 nitrogen and oxygen atoms in total. The van der Waals surface area contributed by atoms with Gasteiger partial charge >= 0.3 is 0 Å². The minimum Gasteiger partial charge on any atom is -0.379 e. The number of carbonyl (C=O) groups is 3. The summed E-state index contributed by atoms with van der Waals surface area (Å²) in [6, 6.07) is 17.0. The van der Waals surface area contributed by atoms with Crippen LogP contribution in [0.2, 0.25) is 5.02 Å². The van der Waals surface area contributed by atoms with E-state index in [1.165, 1.54) is 10.4 Å². The van der Waals surface area contributed by atoms with E-state index < -0.39 is 12.1 Å². The van der Waals surface area contributed by atoms with Crippen LogP contribution in [0.15, 0.2) is 65.8 Å².